The van der Waals surface area contributed by atoms with E-state index in [2.05, 4.69) is 5.32 Å². The van der Waals surface area contributed by atoms with Crippen molar-refractivity contribution in [1.29, 1.82) is 0 Å². The second-order valence-corrected chi connectivity index (χ2v) is 6.84. The van der Waals surface area contributed by atoms with Gasteiger partial charge < -0.3 is 19.5 Å². The van der Waals surface area contributed by atoms with Gasteiger partial charge in [-0.1, -0.05) is 12.1 Å². The molecule has 2 aromatic rings. The van der Waals surface area contributed by atoms with Crippen LogP contribution in [0.2, 0.25) is 0 Å². The highest BCUT2D eigenvalue weighted by atomic mass is 19.4. The van der Waals surface area contributed by atoms with Gasteiger partial charge in [-0.15, -0.1) is 0 Å². The summed E-state index contributed by atoms with van der Waals surface area (Å²) in [4.78, 5) is 12.3. The number of alkyl halides is 6. The fourth-order valence-electron chi connectivity index (χ4n) is 2.63. The smallest absolute Gasteiger partial charge is 0.422 e. The van der Waals surface area contributed by atoms with Crippen LogP contribution in [0.25, 0.3) is 0 Å². The topological polar surface area (TPSA) is 56.8 Å². The van der Waals surface area contributed by atoms with Crippen molar-refractivity contribution in [2.75, 3.05) is 25.6 Å². The van der Waals surface area contributed by atoms with Crippen LogP contribution in [0, 0.1) is 6.92 Å². The molecule has 0 atom stereocenters. The zero-order chi connectivity index (χ0) is 23.9. The van der Waals surface area contributed by atoms with Crippen LogP contribution in [-0.2, 0) is 11.2 Å². The summed E-state index contributed by atoms with van der Waals surface area (Å²) in [6.45, 7) is -1.30. The first kappa shape index (κ1) is 25.2. The Morgan fingerprint density at radius 1 is 0.875 bits per heavy atom. The maximum Gasteiger partial charge on any atom is 0.422 e. The van der Waals surface area contributed by atoms with Crippen molar-refractivity contribution in [3.63, 3.8) is 0 Å². The summed E-state index contributed by atoms with van der Waals surface area (Å²) in [7, 11) is 1.27. The molecule has 0 saturated heterocycles. The van der Waals surface area contributed by atoms with Crippen molar-refractivity contribution >= 4 is 11.6 Å². The number of halogens is 6. The molecule has 2 aromatic carbocycles. The quantitative estimate of drug-likeness (QED) is 0.500. The number of nitrogens with one attached hydrogen (secondary N) is 1. The fraction of sp³-hybridized carbons (Fsp3) is 0.381. The lowest BCUT2D eigenvalue weighted by Crippen LogP contribution is -2.20. The number of carbonyl (C=O) groups is 1. The van der Waals surface area contributed by atoms with E-state index in [1.165, 1.54) is 37.4 Å². The van der Waals surface area contributed by atoms with E-state index in [4.69, 9.17) is 14.2 Å². The second-order valence-electron chi connectivity index (χ2n) is 6.84. The van der Waals surface area contributed by atoms with Crippen LogP contribution in [0.5, 0.6) is 17.2 Å². The number of aryl methyl sites for hydroxylation is 2. The normalized spacial score (nSPS) is 11.8. The summed E-state index contributed by atoms with van der Waals surface area (Å²) in [5.41, 5.74) is 1.34. The van der Waals surface area contributed by atoms with Crippen LogP contribution in [0.3, 0.4) is 0 Å². The van der Waals surface area contributed by atoms with Crippen LogP contribution in [0.1, 0.15) is 17.5 Å². The van der Waals surface area contributed by atoms with Crippen LogP contribution in [0.4, 0.5) is 32.0 Å². The van der Waals surface area contributed by atoms with Crippen molar-refractivity contribution in [2.45, 2.75) is 32.1 Å². The van der Waals surface area contributed by atoms with E-state index in [0.717, 1.165) is 0 Å². The second kappa shape index (κ2) is 10.5. The van der Waals surface area contributed by atoms with Gasteiger partial charge in [-0.3, -0.25) is 4.79 Å². The molecule has 32 heavy (non-hydrogen) atoms. The first-order valence-corrected chi connectivity index (χ1v) is 9.33. The number of methoxy groups -OCH3 is 1. The SMILES string of the molecule is COc1cc(CCC(=O)Nc2ccc(C)cc2OCC(F)(F)F)ccc1OCC(F)(F)F. The third kappa shape index (κ3) is 8.56. The molecule has 0 saturated carbocycles. The summed E-state index contributed by atoms with van der Waals surface area (Å²) < 4.78 is 88.9. The molecule has 176 valence electrons. The molecule has 0 unspecified atom stereocenters. The maximum atomic E-state index is 12.5. The summed E-state index contributed by atoms with van der Waals surface area (Å²) >= 11 is 0. The minimum atomic E-state index is -4.53. The van der Waals surface area contributed by atoms with Crippen LogP contribution >= 0.6 is 0 Å². The first-order valence-electron chi connectivity index (χ1n) is 9.33. The highest BCUT2D eigenvalue weighted by molar-refractivity contribution is 5.92. The van der Waals surface area contributed by atoms with Crippen molar-refractivity contribution in [1.82, 2.24) is 0 Å². The summed E-state index contributed by atoms with van der Waals surface area (Å²) in [6, 6.07) is 8.68. The molecule has 0 fully saturated rings. The van der Waals surface area contributed by atoms with Crippen molar-refractivity contribution < 1.29 is 45.3 Å². The van der Waals surface area contributed by atoms with Gasteiger partial charge in [0, 0.05) is 6.42 Å². The van der Waals surface area contributed by atoms with Gasteiger partial charge in [-0.25, -0.2) is 0 Å². The molecule has 2 rings (SSSR count). The molecule has 5 nitrogen and oxygen atoms in total. The Morgan fingerprint density at radius 3 is 2.09 bits per heavy atom. The largest absolute Gasteiger partial charge is 0.493 e. The van der Waals surface area contributed by atoms with E-state index in [1.807, 2.05) is 0 Å². The lowest BCUT2D eigenvalue weighted by atomic mass is 10.1. The standard InChI is InChI=1S/C21H21F6NO4/c1-13-3-6-15(17(9-13)32-12-21(25,26)27)28-19(29)8-5-14-4-7-16(18(10-14)30-2)31-11-20(22,23)24/h3-4,6-7,9-10H,5,8,11-12H2,1-2H3,(H,28,29). The number of carbonyl (C=O) groups excluding carboxylic acids is 1. The molecular weight excluding hydrogens is 444 g/mol. The highest BCUT2D eigenvalue weighted by Gasteiger charge is 2.29. The number of anilines is 1. The zero-order valence-electron chi connectivity index (χ0n) is 17.2. The molecule has 0 spiro atoms. The van der Waals surface area contributed by atoms with Crippen molar-refractivity contribution in [3.8, 4) is 17.2 Å². The van der Waals surface area contributed by atoms with E-state index in [-0.39, 0.29) is 35.8 Å². The van der Waals surface area contributed by atoms with Gasteiger partial charge in [0.25, 0.3) is 0 Å². The maximum absolute atomic E-state index is 12.5. The number of hydrogen-bond donors (Lipinski definition) is 1. The van der Waals surface area contributed by atoms with E-state index < -0.39 is 31.5 Å². The Bertz CT molecular complexity index is 927. The van der Waals surface area contributed by atoms with E-state index in [0.29, 0.717) is 11.1 Å². The summed E-state index contributed by atoms with van der Waals surface area (Å²) in [6.07, 6.45) is -8.87. The van der Waals surface area contributed by atoms with Gasteiger partial charge in [-0.2, -0.15) is 26.3 Å². The molecular formula is C21H21F6NO4. The molecule has 11 heteroatoms. The Kier molecular flexibility index (Phi) is 8.23. The molecule has 0 aliphatic rings. The minimum absolute atomic E-state index is 0.0432. The molecule has 0 bridgehead atoms. The lowest BCUT2D eigenvalue weighted by molar-refractivity contribution is -0.154. The lowest BCUT2D eigenvalue weighted by Gasteiger charge is -2.15. The molecule has 1 amide bonds. The molecule has 0 radical (unpaired) electrons. The monoisotopic (exact) mass is 465 g/mol. The van der Waals surface area contributed by atoms with Gasteiger partial charge in [0.1, 0.15) is 5.75 Å². The molecule has 1 N–H and O–H groups in total. The minimum Gasteiger partial charge on any atom is -0.493 e. The number of hydrogen-bond acceptors (Lipinski definition) is 4. The molecule has 0 aliphatic carbocycles. The van der Waals surface area contributed by atoms with Gasteiger partial charge in [-0.05, 0) is 48.7 Å². The van der Waals surface area contributed by atoms with Crippen molar-refractivity contribution in [3.05, 3.63) is 47.5 Å². The third-order valence-corrected chi connectivity index (χ3v) is 4.06. The predicted octanol–water partition coefficient (Wildman–Crippen LogP) is 5.46. The van der Waals surface area contributed by atoms with Gasteiger partial charge in [0.15, 0.2) is 24.7 Å². The van der Waals surface area contributed by atoms with Crippen molar-refractivity contribution in [2.24, 2.45) is 0 Å². The molecule has 0 aromatic heterocycles. The summed E-state index contributed by atoms with van der Waals surface area (Å²) in [5.74, 6) is -0.608. The van der Waals surface area contributed by atoms with Crippen LogP contribution < -0.4 is 19.5 Å². The fourth-order valence-corrected chi connectivity index (χ4v) is 2.63. The Hall–Kier alpha value is -3.11. The number of amides is 1. The van der Waals surface area contributed by atoms with E-state index in [1.54, 1.807) is 13.0 Å². The van der Waals surface area contributed by atoms with E-state index >= 15 is 0 Å². The molecule has 0 aliphatic heterocycles. The zero-order valence-corrected chi connectivity index (χ0v) is 17.2. The van der Waals surface area contributed by atoms with Crippen LogP contribution in [-0.4, -0.2) is 38.6 Å². The van der Waals surface area contributed by atoms with Crippen LogP contribution in [0.15, 0.2) is 36.4 Å². The molecule has 0 heterocycles. The van der Waals surface area contributed by atoms with Gasteiger partial charge in [0.05, 0.1) is 12.8 Å². The Balaban J connectivity index is 2.00. The average molecular weight is 465 g/mol. The van der Waals surface area contributed by atoms with Gasteiger partial charge >= 0.3 is 12.4 Å². The summed E-state index contributed by atoms with van der Waals surface area (Å²) in [5, 5.41) is 2.51. The Labute approximate surface area is 180 Å². The number of rotatable bonds is 9. The number of ether oxygens (including phenoxy) is 3. The van der Waals surface area contributed by atoms with Gasteiger partial charge in [0.2, 0.25) is 5.91 Å². The Morgan fingerprint density at radius 2 is 1.50 bits per heavy atom. The third-order valence-electron chi connectivity index (χ3n) is 4.06. The van der Waals surface area contributed by atoms with E-state index in [9.17, 15) is 31.1 Å². The highest BCUT2D eigenvalue weighted by Crippen LogP contribution is 2.31. The predicted molar refractivity (Wildman–Crippen MR) is 104 cm³/mol. The first-order chi connectivity index (χ1) is 14.9. The number of benzene rings is 2. The average Bonchev–Trinajstić information content (AvgIpc) is 2.70.